The van der Waals surface area contributed by atoms with Crippen LogP contribution in [-0.2, 0) is 4.79 Å². The molecule has 5 nitrogen and oxygen atoms in total. The fraction of sp³-hybridized carbons (Fsp3) is 0.167. The van der Waals surface area contributed by atoms with E-state index in [2.05, 4.69) is 16.8 Å². The second-order valence-corrected chi connectivity index (χ2v) is 6.15. The summed E-state index contributed by atoms with van der Waals surface area (Å²) in [6.45, 7) is 3.16. The number of pyridine rings is 1. The number of carbonyl (C=O) groups excluding carboxylic acids is 1. The molecule has 0 bridgehead atoms. The van der Waals surface area contributed by atoms with Crippen LogP contribution in [-0.4, -0.2) is 10.9 Å². The van der Waals surface area contributed by atoms with Crippen LogP contribution in [0.25, 0.3) is 0 Å². The summed E-state index contributed by atoms with van der Waals surface area (Å²) >= 11 is 12.1. The predicted octanol–water partition coefficient (Wildman–Crippen LogP) is 3.68. The van der Waals surface area contributed by atoms with Gasteiger partial charge in [-0.05, 0) is 26.0 Å². The normalized spacial score (nSPS) is 11.6. The van der Waals surface area contributed by atoms with Gasteiger partial charge in [0.1, 0.15) is 17.8 Å². The molecule has 26 heavy (non-hydrogen) atoms. The molecule has 2 rings (SSSR count). The quantitative estimate of drug-likeness (QED) is 0.610. The molecule has 2 aromatic rings. The number of nitrogens with two attached hydrogens (primary N) is 2. The molecule has 8 heteroatoms. The molecule has 0 fully saturated rings. The first-order valence-electron chi connectivity index (χ1n) is 7.41. The van der Waals surface area contributed by atoms with E-state index in [0.717, 1.165) is 0 Å². The van der Waals surface area contributed by atoms with Crippen molar-refractivity contribution in [3.05, 3.63) is 57.3 Å². The Kier molecular flexibility index (Phi) is 6.30. The van der Waals surface area contributed by atoms with E-state index in [1.165, 1.54) is 25.3 Å². The summed E-state index contributed by atoms with van der Waals surface area (Å²) in [5, 5.41) is 0.136. The fourth-order valence-corrected chi connectivity index (χ4v) is 2.69. The summed E-state index contributed by atoms with van der Waals surface area (Å²) in [6.07, 6.45) is 0.730. The number of anilines is 1. The maximum atomic E-state index is 13.7. The molecule has 1 heterocycles. The molecule has 0 aliphatic heterocycles. The van der Waals surface area contributed by atoms with E-state index in [0.29, 0.717) is 11.1 Å². The molecule has 1 amide bonds. The number of amides is 1. The van der Waals surface area contributed by atoms with E-state index in [9.17, 15) is 9.18 Å². The lowest BCUT2D eigenvalue weighted by molar-refractivity contribution is -0.115. The van der Waals surface area contributed by atoms with E-state index in [1.807, 2.05) is 0 Å². The van der Waals surface area contributed by atoms with Gasteiger partial charge >= 0.3 is 0 Å². The molecule has 0 saturated carbocycles. The number of hydrogen-bond acceptors (Lipinski definition) is 4. The summed E-state index contributed by atoms with van der Waals surface area (Å²) < 4.78 is 19.5. The molecule has 0 aliphatic rings. The number of rotatable bonds is 4. The molecule has 1 radical (unpaired) electrons. The van der Waals surface area contributed by atoms with Gasteiger partial charge in [-0.3, -0.25) is 4.79 Å². The molecule has 4 N–H and O–H groups in total. The van der Waals surface area contributed by atoms with Gasteiger partial charge < -0.3 is 16.2 Å². The van der Waals surface area contributed by atoms with Gasteiger partial charge in [0.2, 0.25) is 5.91 Å². The van der Waals surface area contributed by atoms with Gasteiger partial charge in [-0.25, -0.2) is 9.37 Å². The molecule has 0 aliphatic carbocycles. The van der Waals surface area contributed by atoms with Crippen LogP contribution in [0.3, 0.4) is 0 Å². The number of nitrogen functional groups attached to an aromatic ring is 1. The lowest BCUT2D eigenvalue weighted by Gasteiger charge is -2.18. The maximum absolute atomic E-state index is 13.7. The molecule has 1 atom stereocenters. The first-order valence-corrected chi connectivity index (χ1v) is 8.17. The van der Waals surface area contributed by atoms with E-state index >= 15 is 0 Å². The summed E-state index contributed by atoms with van der Waals surface area (Å²) in [7, 11) is 0. The van der Waals surface area contributed by atoms with Gasteiger partial charge in [-0.15, -0.1) is 0 Å². The third kappa shape index (κ3) is 4.57. The Morgan fingerprint density at radius 2 is 2.08 bits per heavy atom. The van der Waals surface area contributed by atoms with Crippen LogP contribution in [0.2, 0.25) is 10.0 Å². The number of hydrogen-bond donors (Lipinski definition) is 2. The molecule has 135 valence electrons. The topological polar surface area (TPSA) is 91.2 Å². The van der Waals surface area contributed by atoms with Gasteiger partial charge in [-0.1, -0.05) is 35.0 Å². The largest absolute Gasteiger partial charge is 0.482 e. The Morgan fingerprint density at radius 1 is 1.38 bits per heavy atom. The molecule has 0 spiro atoms. The van der Waals surface area contributed by atoms with Crippen LogP contribution in [0.5, 0.6) is 5.75 Å². The first kappa shape index (κ1) is 19.8. The van der Waals surface area contributed by atoms with Crippen molar-refractivity contribution in [1.29, 1.82) is 0 Å². The van der Waals surface area contributed by atoms with Gasteiger partial charge in [0.15, 0.2) is 11.6 Å². The monoisotopic (exact) mass is 394 g/mol. The highest BCUT2D eigenvalue weighted by molar-refractivity contribution is 6.36. The lowest BCUT2D eigenvalue weighted by atomic mass is 10.1. The van der Waals surface area contributed by atoms with Crippen molar-refractivity contribution in [2.75, 3.05) is 5.73 Å². The molecule has 1 aromatic heterocycles. The van der Waals surface area contributed by atoms with Crippen LogP contribution in [0.4, 0.5) is 10.2 Å². The highest BCUT2D eigenvalue weighted by Crippen LogP contribution is 2.35. The average molecular weight is 395 g/mol. The Bertz CT molecular complexity index is 909. The zero-order chi connectivity index (χ0) is 19.4. The number of nitrogens with zero attached hydrogens (tertiary/aromatic N) is 1. The van der Waals surface area contributed by atoms with Crippen LogP contribution in [0, 0.1) is 23.6 Å². The van der Waals surface area contributed by atoms with E-state index in [4.69, 9.17) is 39.4 Å². The number of halogens is 3. The number of ether oxygens (including phenoxy) is 1. The summed E-state index contributed by atoms with van der Waals surface area (Å²) in [5.41, 5.74) is 11.7. The second kappa shape index (κ2) is 8.26. The summed E-state index contributed by atoms with van der Waals surface area (Å²) in [4.78, 5) is 15.0. The van der Waals surface area contributed by atoms with Crippen LogP contribution in [0.15, 0.2) is 24.4 Å². The number of benzene rings is 1. The maximum Gasteiger partial charge on any atom is 0.237 e. The highest BCUT2D eigenvalue weighted by Gasteiger charge is 2.19. The Morgan fingerprint density at radius 3 is 2.73 bits per heavy atom. The summed E-state index contributed by atoms with van der Waals surface area (Å²) in [6, 6.07) is 4.11. The lowest BCUT2D eigenvalue weighted by Crippen LogP contribution is -2.17. The molecular formula is C18H15Cl2FN3O2. The Balaban J connectivity index is 2.31. The molecule has 0 saturated heterocycles. The second-order valence-electron chi connectivity index (χ2n) is 5.36. The smallest absolute Gasteiger partial charge is 0.237 e. The van der Waals surface area contributed by atoms with Gasteiger partial charge in [-0.2, -0.15) is 0 Å². The Labute approximate surface area is 160 Å². The molecule has 1 aromatic carbocycles. The van der Waals surface area contributed by atoms with Crippen molar-refractivity contribution in [2.45, 2.75) is 20.0 Å². The van der Waals surface area contributed by atoms with E-state index in [-0.39, 0.29) is 27.5 Å². The van der Waals surface area contributed by atoms with Crippen molar-refractivity contribution >= 4 is 34.9 Å². The van der Waals surface area contributed by atoms with Crippen LogP contribution in [0.1, 0.15) is 31.1 Å². The summed E-state index contributed by atoms with van der Waals surface area (Å²) in [5.74, 6) is 4.68. The third-order valence-electron chi connectivity index (χ3n) is 3.44. The SMILES string of the molecule is C[C](C#Cc1cnc(N)c(OC(C)c2c(Cl)ccc(F)c2Cl)c1)C(N)=O. The minimum absolute atomic E-state index is 0.113. The minimum Gasteiger partial charge on any atom is -0.482 e. The van der Waals surface area contributed by atoms with Gasteiger partial charge in [0, 0.05) is 28.4 Å². The van der Waals surface area contributed by atoms with Crippen LogP contribution >= 0.6 is 23.2 Å². The molecule has 1 unspecified atom stereocenters. The Hall–Kier alpha value is -2.49. The molecular weight excluding hydrogens is 380 g/mol. The van der Waals surface area contributed by atoms with Crippen molar-refractivity contribution in [3.63, 3.8) is 0 Å². The van der Waals surface area contributed by atoms with Crippen molar-refractivity contribution < 1.29 is 13.9 Å². The standard InChI is InChI=1S/C18H15Cl2FN3O2/c1-9(18(23)25)3-4-11-7-14(17(22)24-8-11)26-10(2)15-12(19)5-6-13(21)16(15)20/h5-8,10H,1-2H3,(H2,22,24)(H2,23,25). The fourth-order valence-electron chi connectivity index (χ4n) is 2.01. The van der Waals surface area contributed by atoms with Crippen molar-refractivity contribution in [2.24, 2.45) is 5.73 Å². The predicted molar refractivity (Wildman–Crippen MR) is 99.1 cm³/mol. The van der Waals surface area contributed by atoms with E-state index < -0.39 is 17.8 Å². The van der Waals surface area contributed by atoms with Crippen molar-refractivity contribution in [1.82, 2.24) is 4.98 Å². The zero-order valence-corrected chi connectivity index (χ0v) is 15.5. The third-order valence-corrected chi connectivity index (χ3v) is 4.15. The first-order chi connectivity index (χ1) is 12.2. The minimum atomic E-state index is -0.697. The number of aromatic nitrogens is 1. The van der Waals surface area contributed by atoms with E-state index in [1.54, 1.807) is 13.0 Å². The van der Waals surface area contributed by atoms with Crippen LogP contribution < -0.4 is 16.2 Å². The number of primary amides is 1. The average Bonchev–Trinajstić information content (AvgIpc) is 2.58. The number of carbonyl (C=O) groups is 1. The van der Waals surface area contributed by atoms with Gasteiger partial charge in [0.25, 0.3) is 0 Å². The van der Waals surface area contributed by atoms with Gasteiger partial charge in [0.05, 0.1) is 5.02 Å². The highest BCUT2D eigenvalue weighted by atomic mass is 35.5. The van der Waals surface area contributed by atoms with Crippen molar-refractivity contribution in [3.8, 4) is 17.6 Å². The zero-order valence-electron chi connectivity index (χ0n) is 13.9.